The van der Waals surface area contributed by atoms with E-state index in [9.17, 15) is 9.18 Å². The lowest BCUT2D eigenvalue weighted by atomic mass is 9.89. The van der Waals surface area contributed by atoms with E-state index >= 15 is 0 Å². The fourth-order valence-electron chi connectivity index (χ4n) is 3.24. The molecule has 2 unspecified atom stereocenters. The average molecular weight is 356 g/mol. The second-order valence-electron chi connectivity index (χ2n) is 5.87. The minimum Gasteiger partial charge on any atom is -0.322 e. The molecule has 0 aromatic heterocycles. The highest BCUT2D eigenvalue weighted by atomic mass is 79.9. The van der Waals surface area contributed by atoms with Crippen LogP contribution >= 0.6 is 15.9 Å². The molecule has 2 aliphatic heterocycles. The third-order valence-electron chi connectivity index (χ3n) is 4.36. The first kappa shape index (κ1) is 14.9. The van der Waals surface area contributed by atoms with Crippen molar-refractivity contribution < 1.29 is 9.18 Å². The number of piperidine rings is 1. The Balaban J connectivity index is 1.54. The van der Waals surface area contributed by atoms with Crippen LogP contribution in [0.5, 0.6) is 0 Å². The molecule has 1 aromatic carbocycles. The summed E-state index contributed by atoms with van der Waals surface area (Å²) in [6.45, 7) is 4.38. The molecule has 0 bridgehead atoms. The first-order valence-corrected chi connectivity index (χ1v) is 8.09. The van der Waals surface area contributed by atoms with Crippen molar-refractivity contribution in [3.05, 3.63) is 28.5 Å². The Bertz CT molecular complexity index is 540. The van der Waals surface area contributed by atoms with E-state index in [1.807, 2.05) is 0 Å². The van der Waals surface area contributed by atoms with Gasteiger partial charge in [0.15, 0.2) is 0 Å². The number of fused-ring (bicyclic) bond motifs is 1. The summed E-state index contributed by atoms with van der Waals surface area (Å²) in [5, 5.41) is 6.06. The molecule has 0 spiro atoms. The van der Waals surface area contributed by atoms with Gasteiger partial charge in [0.2, 0.25) is 5.91 Å². The first-order chi connectivity index (χ1) is 10.1. The van der Waals surface area contributed by atoms with Gasteiger partial charge in [0.25, 0.3) is 0 Å². The summed E-state index contributed by atoms with van der Waals surface area (Å²) in [6.07, 6.45) is 1.14. The van der Waals surface area contributed by atoms with Crippen molar-refractivity contribution >= 4 is 27.5 Å². The van der Waals surface area contributed by atoms with Crippen molar-refractivity contribution in [1.82, 2.24) is 10.2 Å². The number of hydrogen-bond acceptors (Lipinski definition) is 3. The van der Waals surface area contributed by atoms with E-state index in [0.717, 1.165) is 38.5 Å². The van der Waals surface area contributed by atoms with E-state index < -0.39 is 5.82 Å². The van der Waals surface area contributed by atoms with Crippen LogP contribution in [0.15, 0.2) is 22.7 Å². The maximum Gasteiger partial charge on any atom is 0.238 e. The minimum atomic E-state index is -0.420. The Morgan fingerprint density at radius 3 is 3.05 bits per heavy atom. The highest BCUT2D eigenvalue weighted by Gasteiger charge is 2.33. The van der Waals surface area contributed by atoms with Crippen LogP contribution in [0.25, 0.3) is 0 Å². The summed E-state index contributed by atoms with van der Waals surface area (Å²) in [5.74, 6) is 0.834. The van der Waals surface area contributed by atoms with Crippen molar-refractivity contribution in [1.29, 1.82) is 0 Å². The van der Waals surface area contributed by atoms with Crippen molar-refractivity contribution in [2.75, 3.05) is 38.0 Å². The molecule has 0 aliphatic carbocycles. The van der Waals surface area contributed by atoms with Crippen LogP contribution in [-0.4, -0.2) is 43.5 Å². The standard InChI is InChI=1S/C15H19BrFN3O/c16-12-1-2-14(13(17)5-12)19-15(21)9-20-4-3-10-6-18-7-11(10)8-20/h1-2,5,10-11,18H,3-4,6-9H2,(H,19,21). The fourth-order valence-corrected chi connectivity index (χ4v) is 3.57. The molecule has 3 rings (SSSR count). The molecule has 21 heavy (non-hydrogen) atoms. The predicted octanol–water partition coefficient (Wildman–Crippen LogP) is 2.07. The van der Waals surface area contributed by atoms with E-state index in [-0.39, 0.29) is 11.6 Å². The third-order valence-corrected chi connectivity index (χ3v) is 4.85. The highest BCUT2D eigenvalue weighted by Crippen LogP contribution is 2.26. The number of nitrogens with zero attached hydrogens (tertiary/aromatic N) is 1. The van der Waals surface area contributed by atoms with Crippen LogP contribution in [0.1, 0.15) is 6.42 Å². The molecule has 2 saturated heterocycles. The Morgan fingerprint density at radius 1 is 1.43 bits per heavy atom. The molecule has 2 heterocycles. The van der Waals surface area contributed by atoms with E-state index in [0.29, 0.717) is 16.9 Å². The molecule has 1 aromatic rings. The summed E-state index contributed by atoms with van der Waals surface area (Å²) in [5.41, 5.74) is 0.237. The summed E-state index contributed by atoms with van der Waals surface area (Å²) in [6, 6.07) is 4.64. The second kappa shape index (κ2) is 6.42. The number of anilines is 1. The number of nitrogens with one attached hydrogen (secondary N) is 2. The summed E-state index contributed by atoms with van der Waals surface area (Å²) >= 11 is 3.20. The van der Waals surface area contributed by atoms with E-state index in [4.69, 9.17) is 0 Å². The van der Waals surface area contributed by atoms with Gasteiger partial charge in [-0.1, -0.05) is 15.9 Å². The second-order valence-corrected chi connectivity index (χ2v) is 6.79. The van der Waals surface area contributed by atoms with Gasteiger partial charge >= 0.3 is 0 Å². The number of likely N-dealkylation sites (tertiary alicyclic amines) is 1. The predicted molar refractivity (Wildman–Crippen MR) is 83.6 cm³/mol. The molecular weight excluding hydrogens is 337 g/mol. The van der Waals surface area contributed by atoms with Crippen LogP contribution in [-0.2, 0) is 4.79 Å². The number of carbonyl (C=O) groups excluding carboxylic acids is 1. The topological polar surface area (TPSA) is 44.4 Å². The molecule has 2 atom stereocenters. The van der Waals surface area contributed by atoms with Crippen molar-refractivity contribution in [2.24, 2.45) is 11.8 Å². The molecule has 0 radical (unpaired) electrons. The van der Waals surface area contributed by atoms with Gasteiger partial charge in [0.05, 0.1) is 12.2 Å². The first-order valence-electron chi connectivity index (χ1n) is 7.30. The quantitative estimate of drug-likeness (QED) is 0.872. The molecule has 114 valence electrons. The summed E-state index contributed by atoms with van der Waals surface area (Å²) < 4.78 is 14.4. The normalized spacial score (nSPS) is 25.6. The van der Waals surface area contributed by atoms with Crippen LogP contribution in [0, 0.1) is 17.7 Å². The van der Waals surface area contributed by atoms with Gasteiger partial charge in [0, 0.05) is 11.0 Å². The molecule has 0 saturated carbocycles. The van der Waals surface area contributed by atoms with Crippen LogP contribution < -0.4 is 10.6 Å². The third kappa shape index (κ3) is 3.62. The number of rotatable bonds is 3. The van der Waals surface area contributed by atoms with Gasteiger partial charge in [-0.3, -0.25) is 9.69 Å². The van der Waals surface area contributed by atoms with Gasteiger partial charge in [-0.15, -0.1) is 0 Å². The van der Waals surface area contributed by atoms with Crippen LogP contribution in [0.4, 0.5) is 10.1 Å². The Kier molecular flexibility index (Phi) is 4.57. The molecule has 6 heteroatoms. The van der Waals surface area contributed by atoms with E-state index in [1.165, 1.54) is 6.07 Å². The van der Waals surface area contributed by atoms with Gasteiger partial charge in [-0.05, 0) is 56.1 Å². The van der Waals surface area contributed by atoms with Crippen molar-refractivity contribution in [3.8, 4) is 0 Å². The molecule has 4 nitrogen and oxygen atoms in total. The van der Waals surface area contributed by atoms with Crippen molar-refractivity contribution in [2.45, 2.75) is 6.42 Å². The lowest BCUT2D eigenvalue weighted by Crippen LogP contribution is -2.43. The summed E-state index contributed by atoms with van der Waals surface area (Å²) in [4.78, 5) is 14.2. The number of benzene rings is 1. The summed E-state index contributed by atoms with van der Waals surface area (Å²) in [7, 11) is 0. The van der Waals surface area contributed by atoms with Gasteiger partial charge < -0.3 is 10.6 Å². The Labute approximate surface area is 132 Å². The average Bonchev–Trinajstić information content (AvgIpc) is 2.89. The lowest BCUT2D eigenvalue weighted by molar-refractivity contribution is -0.117. The zero-order valence-corrected chi connectivity index (χ0v) is 13.3. The molecule has 2 N–H and O–H groups in total. The maximum absolute atomic E-state index is 13.7. The molecular formula is C15H19BrFN3O. The molecule has 2 fully saturated rings. The Morgan fingerprint density at radius 2 is 2.24 bits per heavy atom. The smallest absolute Gasteiger partial charge is 0.238 e. The Hall–Kier alpha value is -0.980. The monoisotopic (exact) mass is 355 g/mol. The van der Waals surface area contributed by atoms with Gasteiger partial charge in [-0.25, -0.2) is 4.39 Å². The van der Waals surface area contributed by atoms with Gasteiger partial charge in [0.1, 0.15) is 5.82 Å². The fraction of sp³-hybridized carbons (Fsp3) is 0.533. The van der Waals surface area contributed by atoms with E-state index in [1.54, 1.807) is 12.1 Å². The largest absolute Gasteiger partial charge is 0.322 e. The van der Waals surface area contributed by atoms with Crippen LogP contribution in [0.2, 0.25) is 0 Å². The molecule has 2 aliphatic rings. The van der Waals surface area contributed by atoms with Crippen LogP contribution in [0.3, 0.4) is 0 Å². The lowest BCUT2D eigenvalue weighted by Gasteiger charge is -2.33. The van der Waals surface area contributed by atoms with E-state index in [2.05, 4.69) is 31.5 Å². The maximum atomic E-state index is 13.7. The zero-order chi connectivity index (χ0) is 14.8. The number of hydrogen-bond donors (Lipinski definition) is 2. The number of halogens is 2. The highest BCUT2D eigenvalue weighted by molar-refractivity contribution is 9.10. The molecule has 1 amide bonds. The van der Waals surface area contributed by atoms with Gasteiger partial charge in [-0.2, -0.15) is 0 Å². The SMILES string of the molecule is O=C(CN1CCC2CNCC2C1)Nc1ccc(Br)cc1F. The number of amides is 1. The number of carbonyl (C=O) groups is 1. The minimum absolute atomic E-state index is 0.152. The zero-order valence-electron chi connectivity index (χ0n) is 11.7. The van der Waals surface area contributed by atoms with Crippen molar-refractivity contribution in [3.63, 3.8) is 0 Å².